The van der Waals surface area contributed by atoms with Gasteiger partial charge in [-0.15, -0.1) is 0 Å². The van der Waals surface area contributed by atoms with Crippen LogP contribution in [0, 0.1) is 5.92 Å². The molecular weight excluding hydrogens is 480 g/mol. The third-order valence-electron chi connectivity index (χ3n) is 6.13. The van der Waals surface area contributed by atoms with E-state index in [1.807, 2.05) is 54.6 Å². The molecule has 2 atom stereocenters. The fourth-order valence-corrected chi connectivity index (χ4v) is 5.69. The van der Waals surface area contributed by atoms with Crippen LogP contribution in [0.3, 0.4) is 0 Å². The predicted octanol–water partition coefficient (Wildman–Crippen LogP) is 6.19. The van der Waals surface area contributed by atoms with E-state index < -0.39 is 0 Å². The number of ketones is 2. The number of hydrogen-bond donors (Lipinski definition) is 0. The van der Waals surface area contributed by atoms with Gasteiger partial charge in [0.25, 0.3) is 0 Å². The second-order valence-electron chi connectivity index (χ2n) is 7.47. The molecule has 0 saturated heterocycles. The Morgan fingerprint density at radius 2 is 1.54 bits per heavy atom. The molecule has 0 radical (unpaired) electrons. The number of carbonyl (C=O) groups is 2. The van der Waals surface area contributed by atoms with E-state index in [0.717, 1.165) is 47.9 Å². The lowest BCUT2D eigenvalue weighted by Crippen LogP contribution is -2.34. The van der Waals surface area contributed by atoms with Crippen LogP contribution in [0.4, 0.5) is 0 Å². The molecule has 6 rings (SSSR count). The first kappa shape index (κ1) is 16.6. The number of halogens is 2. The maximum absolute atomic E-state index is 13.3. The van der Waals surface area contributed by atoms with Crippen LogP contribution in [0.1, 0.15) is 37.8 Å². The van der Waals surface area contributed by atoms with Crippen molar-refractivity contribution in [2.75, 3.05) is 0 Å². The van der Waals surface area contributed by atoms with E-state index in [1.54, 1.807) is 0 Å². The van der Waals surface area contributed by atoms with Crippen molar-refractivity contribution in [2.24, 2.45) is 5.92 Å². The van der Waals surface area contributed by atoms with Gasteiger partial charge < -0.3 is 0 Å². The van der Waals surface area contributed by atoms with Crippen LogP contribution in [-0.2, 0) is 0 Å². The van der Waals surface area contributed by atoms with Gasteiger partial charge in [0.15, 0.2) is 11.6 Å². The number of allylic oxidation sites excluding steroid dienone is 8. The first-order chi connectivity index (χ1) is 13.5. The number of hydrogen-bond acceptors (Lipinski definition) is 2. The lowest BCUT2D eigenvalue weighted by atomic mass is 9.60. The molecule has 2 aromatic rings. The second kappa shape index (κ2) is 5.62. The van der Waals surface area contributed by atoms with Crippen molar-refractivity contribution in [1.82, 2.24) is 0 Å². The highest BCUT2D eigenvalue weighted by Gasteiger charge is 2.46. The van der Waals surface area contributed by atoms with Gasteiger partial charge in [0.1, 0.15) is 0 Å². The summed E-state index contributed by atoms with van der Waals surface area (Å²) >= 11 is 6.96. The standard InChI is InChI=1S/C24H12Br2O2/c25-11-1-3-13-15-5-7-18-22-16(14-4-2-12(26)10-20(14)24(18)28)6-8-17(21(15)22)23(27)19(13)9-11/h1-10,15,21H. The molecule has 0 heterocycles. The topological polar surface area (TPSA) is 34.1 Å². The van der Waals surface area contributed by atoms with Gasteiger partial charge in [-0.2, -0.15) is 0 Å². The van der Waals surface area contributed by atoms with Gasteiger partial charge in [-0.25, -0.2) is 0 Å². The Balaban J connectivity index is 1.66. The maximum Gasteiger partial charge on any atom is 0.193 e. The van der Waals surface area contributed by atoms with Crippen LogP contribution in [0.25, 0.3) is 5.57 Å². The van der Waals surface area contributed by atoms with Crippen LogP contribution >= 0.6 is 31.9 Å². The maximum atomic E-state index is 13.3. The van der Waals surface area contributed by atoms with Gasteiger partial charge in [0.2, 0.25) is 0 Å². The molecule has 0 spiro atoms. The Morgan fingerprint density at radius 3 is 2.36 bits per heavy atom. The molecule has 2 unspecified atom stereocenters. The SMILES string of the molecule is O=C1C2=C3C(=CC=C4C(=O)c5cc(Br)ccc5C(C=C2)C43)c2ccc(Br)cc21. The van der Waals surface area contributed by atoms with Crippen molar-refractivity contribution >= 4 is 49.0 Å². The molecule has 0 saturated carbocycles. The quantitative estimate of drug-likeness (QED) is 0.440. The third-order valence-corrected chi connectivity index (χ3v) is 7.11. The van der Waals surface area contributed by atoms with Gasteiger partial charge in [-0.05, 0) is 46.5 Å². The van der Waals surface area contributed by atoms with Gasteiger partial charge in [0, 0.05) is 43.1 Å². The highest BCUT2D eigenvalue weighted by molar-refractivity contribution is 9.10. The zero-order valence-corrected chi connectivity index (χ0v) is 17.7. The van der Waals surface area contributed by atoms with Crippen LogP contribution in [0.5, 0.6) is 0 Å². The first-order valence-electron chi connectivity index (χ1n) is 9.08. The lowest BCUT2D eigenvalue weighted by Gasteiger charge is -2.42. The molecule has 134 valence electrons. The van der Waals surface area contributed by atoms with Crippen molar-refractivity contribution in [2.45, 2.75) is 5.92 Å². The average molecular weight is 492 g/mol. The second-order valence-corrected chi connectivity index (χ2v) is 9.30. The lowest BCUT2D eigenvalue weighted by molar-refractivity contribution is 0.100. The molecule has 0 fully saturated rings. The molecule has 4 aliphatic carbocycles. The molecule has 2 nitrogen and oxygen atoms in total. The van der Waals surface area contributed by atoms with E-state index in [4.69, 9.17) is 0 Å². The van der Waals surface area contributed by atoms with Crippen molar-refractivity contribution in [3.63, 3.8) is 0 Å². The van der Waals surface area contributed by atoms with E-state index in [9.17, 15) is 9.59 Å². The monoisotopic (exact) mass is 490 g/mol. The summed E-state index contributed by atoms with van der Waals surface area (Å²) in [5.41, 5.74) is 7.02. The van der Waals surface area contributed by atoms with Crippen LogP contribution in [0.15, 0.2) is 86.4 Å². The molecule has 0 aromatic heterocycles. The summed E-state index contributed by atoms with van der Waals surface area (Å²) in [7, 11) is 0. The van der Waals surface area contributed by atoms with Gasteiger partial charge in [-0.3, -0.25) is 9.59 Å². The number of Topliss-reactive ketones (excluding diaryl/α,β-unsaturated/α-hetero) is 2. The molecule has 0 bridgehead atoms. The summed E-state index contributed by atoms with van der Waals surface area (Å²) in [5.74, 6) is 0.0683. The molecule has 4 aliphatic rings. The fourth-order valence-electron chi connectivity index (χ4n) is 4.96. The Hall–Kier alpha value is -2.30. The largest absolute Gasteiger partial charge is 0.289 e. The minimum absolute atomic E-state index is 0.0356. The normalized spacial score (nSPS) is 23.6. The summed E-state index contributed by atoms with van der Waals surface area (Å²) in [5, 5.41) is 0. The van der Waals surface area contributed by atoms with E-state index >= 15 is 0 Å². The Kier molecular flexibility index (Phi) is 3.34. The molecule has 0 aliphatic heterocycles. The number of benzene rings is 2. The number of rotatable bonds is 0. The third kappa shape index (κ3) is 2.02. The fraction of sp³-hybridized carbons (Fsp3) is 0.0833. The van der Waals surface area contributed by atoms with Crippen molar-refractivity contribution < 1.29 is 9.59 Å². The smallest absolute Gasteiger partial charge is 0.193 e. The molecule has 2 aromatic carbocycles. The van der Waals surface area contributed by atoms with E-state index in [0.29, 0.717) is 5.56 Å². The molecule has 0 amide bonds. The molecule has 0 N–H and O–H groups in total. The molecule has 28 heavy (non-hydrogen) atoms. The van der Waals surface area contributed by atoms with Crippen molar-refractivity contribution in [3.8, 4) is 0 Å². The van der Waals surface area contributed by atoms with Crippen LogP contribution in [0.2, 0.25) is 0 Å². The molecular formula is C24H12Br2O2. The van der Waals surface area contributed by atoms with E-state index in [-0.39, 0.29) is 23.4 Å². The zero-order chi connectivity index (χ0) is 19.2. The first-order valence-corrected chi connectivity index (χ1v) is 10.7. The summed E-state index contributed by atoms with van der Waals surface area (Å²) < 4.78 is 1.79. The highest BCUT2D eigenvalue weighted by atomic mass is 79.9. The van der Waals surface area contributed by atoms with Crippen LogP contribution in [-0.4, -0.2) is 11.6 Å². The Morgan fingerprint density at radius 1 is 0.786 bits per heavy atom. The minimum Gasteiger partial charge on any atom is -0.289 e. The summed E-state index contributed by atoms with van der Waals surface area (Å²) in [6, 6.07) is 11.8. The Labute approximate surface area is 178 Å². The van der Waals surface area contributed by atoms with E-state index in [2.05, 4.69) is 37.9 Å². The van der Waals surface area contributed by atoms with Crippen molar-refractivity contribution in [1.29, 1.82) is 0 Å². The van der Waals surface area contributed by atoms with Crippen molar-refractivity contribution in [3.05, 3.63) is 109 Å². The van der Waals surface area contributed by atoms with E-state index in [1.165, 1.54) is 0 Å². The summed E-state index contributed by atoms with van der Waals surface area (Å²) in [4.78, 5) is 26.5. The summed E-state index contributed by atoms with van der Waals surface area (Å²) in [6.07, 6.45) is 8.03. The number of carbonyl (C=O) groups excluding carboxylic acids is 2. The van der Waals surface area contributed by atoms with Crippen LogP contribution < -0.4 is 0 Å². The van der Waals surface area contributed by atoms with Gasteiger partial charge in [-0.1, -0.05) is 68.3 Å². The average Bonchev–Trinajstić information content (AvgIpc) is 2.70. The van der Waals surface area contributed by atoms with Gasteiger partial charge >= 0.3 is 0 Å². The summed E-state index contributed by atoms with van der Waals surface area (Å²) in [6.45, 7) is 0. The number of fused-ring (bicyclic) bond motifs is 4. The predicted molar refractivity (Wildman–Crippen MR) is 115 cm³/mol. The molecule has 4 heteroatoms. The van der Waals surface area contributed by atoms with Gasteiger partial charge in [0.05, 0.1) is 0 Å². The highest BCUT2D eigenvalue weighted by Crippen LogP contribution is 2.55. The minimum atomic E-state index is -0.0954. The zero-order valence-electron chi connectivity index (χ0n) is 14.5. The Bertz CT molecular complexity index is 1270.